The molecule has 6 rings (SSSR count). The molecule has 4 aromatic carbocycles. The Balaban J connectivity index is 0.000000181. The number of hydrogen-bond acceptors (Lipinski definition) is 5. The van der Waals surface area contributed by atoms with Crippen molar-refractivity contribution >= 4 is 93.2 Å². The van der Waals surface area contributed by atoms with Gasteiger partial charge in [0.1, 0.15) is 4.90 Å². The second-order valence-electron chi connectivity index (χ2n) is 10.4. The Bertz CT molecular complexity index is 1620. The smallest absolute Gasteiger partial charge is 0.239 e. The standard InChI is InChI=1S/C17H17ClN2O3S.C10H12BrN.C6H4BrI/c18-15-8-5-13(11-16(15)24(19,22)23)17(21)12-3-6-14(7-4-12)20-9-1-2-10-20;11-9-3-5-10(6-4-9)12-7-1-2-8-12;7-5-1-3-6(8)4-2-5/h3-8,11H,1-2,9-10H2,(H2,19,22,23);3-6H,1-2,7-8H2;1-4H. The first-order valence-electron chi connectivity index (χ1n) is 14.1. The van der Waals surface area contributed by atoms with Crippen molar-refractivity contribution in [3.63, 3.8) is 0 Å². The van der Waals surface area contributed by atoms with Crippen molar-refractivity contribution < 1.29 is 13.2 Å². The summed E-state index contributed by atoms with van der Waals surface area (Å²) in [5.41, 5.74) is 3.17. The maximum Gasteiger partial charge on any atom is 0.239 e. The third-order valence-electron chi connectivity index (χ3n) is 7.20. The van der Waals surface area contributed by atoms with Gasteiger partial charge in [0.2, 0.25) is 10.0 Å². The van der Waals surface area contributed by atoms with Crippen molar-refractivity contribution in [3.8, 4) is 0 Å². The summed E-state index contributed by atoms with van der Waals surface area (Å²) in [5.74, 6) is -0.274. The van der Waals surface area contributed by atoms with Gasteiger partial charge in [-0.15, -0.1) is 0 Å². The maximum absolute atomic E-state index is 12.6. The van der Waals surface area contributed by atoms with Gasteiger partial charge in [-0.3, -0.25) is 4.79 Å². The summed E-state index contributed by atoms with van der Waals surface area (Å²) < 4.78 is 26.6. The average Bonchev–Trinajstić information content (AvgIpc) is 3.75. The molecular formula is C33H33Br2ClIN3O3S. The van der Waals surface area contributed by atoms with Gasteiger partial charge in [0.15, 0.2) is 5.78 Å². The lowest BCUT2D eigenvalue weighted by molar-refractivity contribution is 0.103. The number of benzene rings is 4. The fraction of sp³-hybridized carbons (Fsp3) is 0.242. The molecule has 2 aliphatic rings. The molecule has 6 nitrogen and oxygen atoms in total. The molecule has 232 valence electrons. The van der Waals surface area contributed by atoms with E-state index < -0.39 is 10.0 Å². The number of primary sulfonamides is 1. The van der Waals surface area contributed by atoms with E-state index in [4.69, 9.17) is 16.7 Å². The average molecular weight is 874 g/mol. The first-order valence-corrected chi connectivity index (χ1v) is 18.7. The summed E-state index contributed by atoms with van der Waals surface area (Å²) in [7, 11) is -3.98. The van der Waals surface area contributed by atoms with Crippen molar-refractivity contribution in [2.24, 2.45) is 5.14 Å². The molecule has 0 aliphatic carbocycles. The Morgan fingerprint density at radius 2 is 1.09 bits per heavy atom. The number of hydrogen-bond donors (Lipinski definition) is 1. The van der Waals surface area contributed by atoms with Crippen LogP contribution in [0.1, 0.15) is 41.6 Å². The number of carbonyl (C=O) groups is 1. The number of ketones is 1. The van der Waals surface area contributed by atoms with E-state index in [0.29, 0.717) is 5.56 Å². The Morgan fingerprint density at radius 1 is 0.682 bits per heavy atom. The summed E-state index contributed by atoms with van der Waals surface area (Å²) in [6, 6.07) is 28.1. The lowest BCUT2D eigenvalue weighted by Crippen LogP contribution is -2.17. The van der Waals surface area contributed by atoms with Gasteiger partial charge in [-0.2, -0.15) is 0 Å². The first kappa shape index (κ1) is 34.9. The molecule has 0 bridgehead atoms. The molecule has 0 radical (unpaired) electrons. The van der Waals surface area contributed by atoms with E-state index in [2.05, 4.69) is 101 Å². The summed E-state index contributed by atoms with van der Waals surface area (Å²) in [5, 5.41) is 5.12. The molecule has 0 amide bonds. The minimum Gasteiger partial charge on any atom is -0.372 e. The van der Waals surface area contributed by atoms with E-state index in [1.54, 1.807) is 12.1 Å². The molecule has 0 saturated carbocycles. The van der Waals surface area contributed by atoms with E-state index in [0.717, 1.165) is 27.7 Å². The Morgan fingerprint density at radius 3 is 1.52 bits per heavy atom. The van der Waals surface area contributed by atoms with Gasteiger partial charge in [0.05, 0.1) is 5.02 Å². The van der Waals surface area contributed by atoms with E-state index in [9.17, 15) is 13.2 Å². The van der Waals surface area contributed by atoms with Crippen LogP contribution in [0.3, 0.4) is 0 Å². The van der Waals surface area contributed by atoms with Crippen LogP contribution < -0.4 is 14.9 Å². The number of nitrogens with zero attached hydrogens (tertiary/aromatic N) is 2. The summed E-state index contributed by atoms with van der Waals surface area (Å²) in [4.78, 5) is 17.0. The lowest BCUT2D eigenvalue weighted by atomic mass is 10.0. The van der Waals surface area contributed by atoms with Gasteiger partial charge >= 0.3 is 0 Å². The highest BCUT2D eigenvalue weighted by atomic mass is 127. The highest BCUT2D eigenvalue weighted by molar-refractivity contribution is 14.1. The lowest BCUT2D eigenvalue weighted by Gasteiger charge is -2.17. The zero-order valence-corrected chi connectivity index (χ0v) is 30.8. The zero-order valence-electron chi connectivity index (χ0n) is 23.9. The number of anilines is 2. The molecule has 0 unspecified atom stereocenters. The van der Waals surface area contributed by atoms with Gasteiger partial charge in [-0.25, -0.2) is 13.6 Å². The molecule has 2 saturated heterocycles. The van der Waals surface area contributed by atoms with Crippen LogP contribution in [0.15, 0.2) is 105 Å². The fourth-order valence-corrected chi connectivity index (χ4v) is 6.84. The van der Waals surface area contributed by atoms with Gasteiger partial charge in [-0.1, -0.05) is 43.5 Å². The topological polar surface area (TPSA) is 83.7 Å². The van der Waals surface area contributed by atoms with Crippen molar-refractivity contribution in [3.05, 3.63) is 120 Å². The Kier molecular flexibility index (Phi) is 13.1. The van der Waals surface area contributed by atoms with Gasteiger partial charge < -0.3 is 9.80 Å². The molecule has 4 aromatic rings. The Hall–Kier alpha value is -1.96. The second-order valence-corrected chi connectivity index (χ2v) is 15.4. The van der Waals surface area contributed by atoms with E-state index in [1.807, 2.05) is 24.3 Å². The highest BCUT2D eigenvalue weighted by Crippen LogP contribution is 2.25. The van der Waals surface area contributed by atoms with Crippen LogP contribution in [0, 0.1) is 3.57 Å². The van der Waals surface area contributed by atoms with Crippen LogP contribution in [-0.4, -0.2) is 40.4 Å². The predicted molar refractivity (Wildman–Crippen MR) is 197 cm³/mol. The number of nitrogens with two attached hydrogens (primary N) is 1. The molecule has 0 spiro atoms. The predicted octanol–water partition coefficient (Wildman–Crippen LogP) is 8.92. The maximum atomic E-state index is 12.6. The highest BCUT2D eigenvalue weighted by Gasteiger charge is 2.18. The van der Waals surface area contributed by atoms with Gasteiger partial charge in [-0.05, 0) is 139 Å². The van der Waals surface area contributed by atoms with Crippen molar-refractivity contribution in [2.45, 2.75) is 30.6 Å². The third kappa shape index (κ3) is 10.3. The zero-order chi connectivity index (χ0) is 31.7. The van der Waals surface area contributed by atoms with Gasteiger partial charge in [0, 0.05) is 61.2 Å². The van der Waals surface area contributed by atoms with E-state index >= 15 is 0 Å². The quantitative estimate of drug-likeness (QED) is 0.160. The molecule has 2 fully saturated rings. The molecular weight excluding hydrogens is 841 g/mol. The Labute approximate surface area is 295 Å². The van der Waals surface area contributed by atoms with Crippen molar-refractivity contribution in [1.29, 1.82) is 0 Å². The molecule has 0 atom stereocenters. The largest absolute Gasteiger partial charge is 0.372 e. The van der Waals surface area contributed by atoms with Crippen molar-refractivity contribution in [2.75, 3.05) is 36.0 Å². The number of rotatable bonds is 5. The molecule has 2 N–H and O–H groups in total. The van der Waals surface area contributed by atoms with Crippen LogP contribution in [0.25, 0.3) is 0 Å². The van der Waals surface area contributed by atoms with Gasteiger partial charge in [0.25, 0.3) is 0 Å². The van der Waals surface area contributed by atoms with Crippen LogP contribution >= 0.6 is 66.1 Å². The minimum absolute atomic E-state index is 0.00145. The molecule has 11 heteroatoms. The number of carbonyl (C=O) groups excluding carboxylic acids is 1. The molecule has 44 heavy (non-hydrogen) atoms. The number of sulfonamides is 1. The third-order valence-corrected chi connectivity index (χ3v) is 10.4. The van der Waals surface area contributed by atoms with Crippen LogP contribution in [0.2, 0.25) is 5.02 Å². The summed E-state index contributed by atoms with van der Waals surface area (Å²) in [6.45, 7) is 4.51. The SMILES string of the molecule is Brc1ccc(I)cc1.Brc1ccc(N2CCCC2)cc1.NS(=O)(=O)c1cc(C(=O)c2ccc(N3CCCC3)cc2)ccc1Cl. The molecule has 0 aromatic heterocycles. The van der Waals surface area contributed by atoms with Crippen LogP contribution in [0.4, 0.5) is 11.4 Å². The molecule has 2 aliphatic heterocycles. The summed E-state index contributed by atoms with van der Waals surface area (Å²) >= 11 is 14.9. The molecule has 2 heterocycles. The van der Waals surface area contributed by atoms with E-state index in [-0.39, 0.29) is 21.3 Å². The van der Waals surface area contributed by atoms with Crippen LogP contribution in [-0.2, 0) is 10.0 Å². The van der Waals surface area contributed by atoms with E-state index in [1.165, 1.54) is 66.2 Å². The normalized spacial score (nSPS) is 14.4. The fourth-order valence-electron chi connectivity index (χ4n) is 4.89. The van der Waals surface area contributed by atoms with Crippen LogP contribution in [0.5, 0.6) is 0 Å². The number of halogens is 4. The second kappa shape index (κ2) is 16.6. The first-order chi connectivity index (χ1) is 21.0. The monoisotopic (exact) mass is 871 g/mol. The van der Waals surface area contributed by atoms with Crippen molar-refractivity contribution in [1.82, 2.24) is 0 Å². The summed E-state index contributed by atoms with van der Waals surface area (Å²) in [6.07, 6.45) is 5.05. The minimum atomic E-state index is -3.98.